The Bertz CT molecular complexity index is 623. The summed E-state index contributed by atoms with van der Waals surface area (Å²) >= 11 is 5.73. The summed E-state index contributed by atoms with van der Waals surface area (Å²) in [4.78, 5) is 0. The SMILES string of the molecule is CC1CC1c1ccc(C(O)Cc2cccc(Cl)c2F)o1. The highest BCUT2D eigenvalue weighted by molar-refractivity contribution is 6.30. The van der Waals surface area contributed by atoms with Crippen molar-refractivity contribution in [1.82, 2.24) is 0 Å². The maximum absolute atomic E-state index is 13.8. The molecular formula is C16H16ClFO2. The van der Waals surface area contributed by atoms with Crippen LogP contribution in [-0.2, 0) is 6.42 Å². The predicted molar refractivity (Wildman–Crippen MR) is 75.3 cm³/mol. The first-order valence-electron chi connectivity index (χ1n) is 6.77. The molecule has 2 nitrogen and oxygen atoms in total. The van der Waals surface area contributed by atoms with Crippen molar-refractivity contribution in [1.29, 1.82) is 0 Å². The van der Waals surface area contributed by atoms with E-state index in [1.807, 2.05) is 6.07 Å². The van der Waals surface area contributed by atoms with E-state index in [-0.39, 0.29) is 11.4 Å². The van der Waals surface area contributed by atoms with E-state index >= 15 is 0 Å². The van der Waals surface area contributed by atoms with Gasteiger partial charge >= 0.3 is 0 Å². The molecule has 3 unspecified atom stereocenters. The van der Waals surface area contributed by atoms with Crippen LogP contribution in [-0.4, -0.2) is 5.11 Å². The van der Waals surface area contributed by atoms with Crippen LogP contribution in [0.5, 0.6) is 0 Å². The van der Waals surface area contributed by atoms with Crippen molar-refractivity contribution in [3.63, 3.8) is 0 Å². The first kappa shape index (κ1) is 13.7. The molecule has 1 aromatic heterocycles. The number of aliphatic hydroxyl groups excluding tert-OH is 1. The Hall–Kier alpha value is -1.32. The molecule has 0 radical (unpaired) electrons. The largest absolute Gasteiger partial charge is 0.463 e. The third-order valence-corrected chi connectivity index (χ3v) is 4.19. The summed E-state index contributed by atoms with van der Waals surface area (Å²) in [6, 6.07) is 8.46. The van der Waals surface area contributed by atoms with E-state index in [4.69, 9.17) is 16.0 Å². The summed E-state index contributed by atoms with van der Waals surface area (Å²) in [5, 5.41) is 10.2. The van der Waals surface area contributed by atoms with E-state index in [9.17, 15) is 9.50 Å². The highest BCUT2D eigenvalue weighted by Gasteiger charge is 2.36. The van der Waals surface area contributed by atoms with Gasteiger partial charge in [0.15, 0.2) is 0 Å². The molecule has 1 N–H and O–H groups in total. The number of halogens is 2. The zero-order valence-corrected chi connectivity index (χ0v) is 11.9. The van der Waals surface area contributed by atoms with Gasteiger partial charge in [-0.15, -0.1) is 0 Å². The molecule has 1 aliphatic carbocycles. The van der Waals surface area contributed by atoms with Gasteiger partial charge < -0.3 is 9.52 Å². The molecule has 0 spiro atoms. The average Bonchev–Trinajstić information content (AvgIpc) is 2.96. The maximum Gasteiger partial charge on any atom is 0.145 e. The van der Waals surface area contributed by atoms with Crippen LogP contribution >= 0.6 is 11.6 Å². The second-order valence-corrected chi connectivity index (χ2v) is 5.90. The predicted octanol–water partition coefficient (Wildman–Crippen LogP) is 4.47. The molecule has 1 aliphatic rings. The van der Waals surface area contributed by atoms with Crippen LogP contribution in [0.4, 0.5) is 4.39 Å². The molecule has 1 saturated carbocycles. The number of aliphatic hydroxyl groups is 1. The van der Waals surface area contributed by atoms with Crippen molar-refractivity contribution in [2.24, 2.45) is 5.92 Å². The maximum atomic E-state index is 13.8. The van der Waals surface area contributed by atoms with Crippen molar-refractivity contribution in [3.05, 3.63) is 58.3 Å². The summed E-state index contributed by atoms with van der Waals surface area (Å²) in [7, 11) is 0. The highest BCUT2D eigenvalue weighted by Crippen LogP contribution is 2.47. The smallest absolute Gasteiger partial charge is 0.145 e. The number of furan rings is 1. The van der Waals surface area contributed by atoms with Gasteiger partial charge in [0.2, 0.25) is 0 Å². The summed E-state index contributed by atoms with van der Waals surface area (Å²) in [5.74, 6) is 2.04. The van der Waals surface area contributed by atoms with Crippen LogP contribution in [0.15, 0.2) is 34.7 Å². The Kier molecular flexibility index (Phi) is 3.57. The summed E-state index contributed by atoms with van der Waals surface area (Å²) in [5.41, 5.74) is 0.391. The minimum absolute atomic E-state index is 0.0710. The molecule has 4 heteroatoms. The fraction of sp³-hybridized carbons (Fsp3) is 0.375. The molecular weight excluding hydrogens is 279 g/mol. The monoisotopic (exact) mass is 294 g/mol. The van der Waals surface area contributed by atoms with Crippen molar-refractivity contribution in [2.45, 2.75) is 31.8 Å². The molecule has 1 fully saturated rings. The summed E-state index contributed by atoms with van der Waals surface area (Å²) in [6.07, 6.45) is 0.428. The van der Waals surface area contributed by atoms with E-state index in [0.717, 1.165) is 12.2 Å². The Morgan fingerprint density at radius 3 is 2.85 bits per heavy atom. The zero-order chi connectivity index (χ0) is 14.3. The van der Waals surface area contributed by atoms with E-state index in [0.29, 0.717) is 23.2 Å². The van der Waals surface area contributed by atoms with Crippen molar-refractivity contribution in [3.8, 4) is 0 Å². The molecule has 106 valence electrons. The minimum atomic E-state index is -0.856. The van der Waals surface area contributed by atoms with Gasteiger partial charge in [-0.2, -0.15) is 0 Å². The van der Waals surface area contributed by atoms with Gasteiger partial charge in [0, 0.05) is 12.3 Å². The fourth-order valence-electron chi connectivity index (χ4n) is 2.48. The average molecular weight is 295 g/mol. The van der Waals surface area contributed by atoms with E-state index in [1.54, 1.807) is 18.2 Å². The normalized spacial score (nSPS) is 22.8. The third-order valence-electron chi connectivity index (χ3n) is 3.90. The van der Waals surface area contributed by atoms with Gasteiger partial charge in [-0.05, 0) is 36.1 Å². The first-order valence-corrected chi connectivity index (χ1v) is 7.14. The molecule has 1 heterocycles. The van der Waals surface area contributed by atoms with Crippen molar-refractivity contribution < 1.29 is 13.9 Å². The highest BCUT2D eigenvalue weighted by atomic mass is 35.5. The van der Waals surface area contributed by atoms with Gasteiger partial charge in [0.1, 0.15) is 23.4 Å². The lowest BCUT2D eigenvalue weighted by Gasteiger charge is -2.09. The number of hydrogen-bond donors (Lipinski definition) is 1. The lowest BCUT2D eigenvalue weighted by Crippen LogP contribution is -2.02. The van der Waals surface area contributed by atoms with Gasteiger partial charge in [-0.1, -0.05) is 30.7 Å². The van der Waals surface area contributed by atoms with Crippen LogP contribution < -0.4 is 0 Å². The number of rotatable bonds is 4. The number of hydrogen-bond acceptors (Lipinski definition) is 2. The Morgan fingerprint density at radius 1 is 1.40 bits per heavy atom. The molecule has 0 amide bonds. The van der Waals surface area contributed by atoms with Gasteiger partial charge in [0.05, 0.1) is 5.02 Å². The van der Waals surface area contributed by atoms with E-state index in [2.05, 4.69) is 6.92 Å². The standard InChI is InChI=1S/C16H16ClFO2/c1-9-7-11(9)14-5-6-15(20-14)13(19)8-10-3-2-4-12(17)16(10)18/h2-6,9,11,13,19H,7-8H2,1H3. The van der Waals surface area contributed by atoms with Crippen LogP contribution in [0.3, 0.4) is 0 Å². The molecule has 0 saturated heterocycles. The molecule has 0 bridgehead atoms. The van der Waals surface area contributed by atoms with Crippen molar-refractivity contribution in [2.75, 3.05) is 0 Å². The first-order chi connectivity index (χ1) is 9.56. The summed E-state index contributed by atoms with van der Waals surface area (Å²) < 4.78 is 19.5. The van der Waals surface area contributed by atoms with E-state index < -0.39 is 11.9 Å². The molecule has 20 heavy (non-hydrogen) atoms. The fourth-order valence-corrected chi connectivity index (χ4v) is 2.67. The van der Waals surface area contributed by atoms with Gasteiger partial charge in [0.25, 0.3) is 0 Å². The molecule has 3 atom stereocenters. The van der Waals surface area contributed by atoms with Gasteiger partial charge in [-0.25, -0.2) is 4.39 Å². The Labute approximate surface area is 122 Å². The lowest BCUT2D eigenvalue weighted by molar-refractivity contribution is 0.147. The van der Waals surface area contributed by atoms with Crippen LogP contribution in [0.25, 0.3) is 0 Å². The van der Waals surface area contributed by atoms with E-state index in [1.165, 1.54) is 6.07 Å². The lowest BCUT2D eigenvalue weighted by atomic mass is 10.1. The molecule has 0 aliphatic heterocycles. The van der Waals surface area contributed by atoms with Crippen LogP contribution in [0, 0.1) is 11.7 Å². The minimum Gasteiger partial charge on any atom is -0.463 e. The second-order valence-electron chi connectivity index (χ2n) is 5.49. The Morgan fingerprint density at radius 2 is 2.15 bits per heavy atom. The van der Waals surface area contributed by atoms with Crippen LogP contribution in [0.2, 0.25) is 5.02 Å². The van der Waals surface area contributed by atoms with Gasteiger partial charge in [-0.3, -0.25) is 0 Å². The molecule has 1 aromatic carbocycles. The second kappa shape index (κ2) is 5.23. The Balaban J connectivity index is 1.74. The third kappa shape index (κ3) is 2.60. The van der Waals surface area contributed by atoms with Crippen LogP contribution in [0.1, 0.15) is 42.5 Å². The summed E-state index contributed by atoms with van der Waals surface area (Å²) in [6.45, 7) is 2.17. The molecule has 2 aromatic rings. The van der Waals surface area contributed by atoms with Crippen molar-refractivity contribution >= 4 is 11.6 Å². The topological polar surface area (TPSA) is 33.4 Å². The quantitative estimate of drug-likeness (QED) is 0.902. The molecule has 3 rings (SSSR count). The number of benzene rings is 1. The zero-order valence-electron chi connectivity index (χ0n) is 11.1.